The maximum atomic E-state index is 6.74. The van der Waals surface area contributed by atoms with Crippen molar-refractivity contribution >= 4 is 142 Å². The summed E-state index contributed by atoms with van der Waals surface area (Å²) in [6.45, 7) is 0. The summed E-state index contributed by atoms with van der Waals surface area (Å²) in [5.41, 5.74) is 11.7. The molecule has 0 unspecified atom stereocenters. The molecule has 0 fully saturated rings. The van der Waals surface area contributed by atoms with Gasteiger partial charge in [0.25, 0.3) is 0 Å². The molecule has 10 aromatic carbocycles. The SMILES string of the molecule is c1ccc(N(c2ccc3c(c2)oc2cc4cc5c(cc4cc23)sc2cc(N(c3ccccc3)c3ccc4oc6ccccc6c4c3)ccc25)c2ccc3oc4ccccc4c3c2)cc1. The first-order valence-corrected chi connectivity index (χ1v) is 22.3. The van der Waals surface area contributed by atoms with E-state index in [4.69, 9.17) is 13.3 Å². The second-order valence-corrected chi connectivity index (χ2v) is 17.6. The fourth-order valence-electron chi connectivity index (χ4n) is 9.80. The Balaban J connectivity index is 0.865. The predicted molar refractivity (Wildman–Crippen MR) is 268 cm³/mol. The van der Waals surface area contributed by atoms with E-state index in [1.165, 1.54) is 25.6 Å². The van der Waals surface area contributed by atoms with Crippen LogP contribution in [-0.4, -0.2) is 0 Å². The van der Waals surface area contributed by atoms with Gasteiger partial charge in [-0.1, -0.05) is 78.9 Å². The Labute approximate surface area is 369 Å². The van der Waals surface area contributed by atoms with Crippen LogP contribution in [0.3, 0.4) is 0 Å². The molecule has 0 spiro atoms. The Morgan fingerprint density at radius 1 is 0.250 bits per heavy atom. The molecular formula is C58H34N2O3S. The number of para-hydroxylation sites is 4. The molecule has 14 rings (SSSR count). The van der Waals surface area contributed by atoms with E-state index in [1.54, 1.807) is 0 Å². The molecule has 0 bridgehead atoms. The van der Waals surface area contributed by atoms with Gasteiger partial charge in [0.05, 0.1) is 0 Å². The highest BCUT2D eigenvalue weighted by atomic mass is 32.1. The molecule has 0 atom stereocenters. The topological polar surface area (TPSA) is 45.9 Å². The van der Waals surface area contributed by atoms with Crippen LogP contribution >= 0.6 is 11.3 Å². The lowest BCUT2D eigenvalue weighted by Crippen LogP contribution is -2.09. The molecule has 14 aromatic rings. The van der Waals surface area contributed by atoms with E-state index in [-0.39, 0.29) is 0 Å². The summed E-state index contributed by atoms with van der Waals surface area (Å²) in [4.78, 5) is 4.62. The molecule has 6 heteroatoms. The molecule has 4 heterocycles. The van der Waals surface area contributed by atoms with E-state index < -0.39 is 0 Å². The number of thiophene rings is 1. The number of hydrogen-bond donors (Lipinski definition) is 0. The Morgan fingerprint density at radius 3 is 1.31 bits per heavy atom. The first kappa shape index (κ1) is 35.3. The smallest absolute Gasteiger partial charge is 0.137 e. The molecule has 300 valence electrons. The van der Waals surface area contributed by atoms with Crippen molar-refractivity contribution in [3.8, 4) is 0 Å². The number of anilines is 6. The van der Waals surface area contributed by atoms with Gasteiger partial charge < -0.3 is 23.1 Å². The molecule has 0 radical (unpaired) electrons. The fraction of sp³-hybridized carbons (Fsp3) is 0. The minimum atomic E-state index is 0.849. The summed E-state index contributed by atoms with van der Waals surface area (Å²) in [6, 6.07) is 73.1. The van der Waals surface area contributed by atoms with Crippen LogP contribution in [0, 0.1) is 0 Å². The van der Waals surface area contributed by atoms with Crippen LogP contribution in [0.15, 0.2) is 220 Å². The largest absolute Gasteiger partial charge is 0.456 e. The lowest BCUT2D eigenvalue weighted by atomic mass is 10.0. The van der Waals surface area contributed by atoms with Crippen LogP contribution in [0.4, 0.5) is 34.1 Å². The van der Waals surface area contributed by atoms with Crippen molar-refractivity contribution in [1.82, 2.24) is 0 Å². The molecule has 0 N–H and O–H groups in total. The van der Waals surface area contributed by atoms with Crippen molar-refractivity contribution in [2.45, 2.75) is 0 Å². The fourth-order valence-corrected chi connectivity index (χ4v) is 11.0. The third-order valence-corrected chi connectivity index (χ3v) is 13.9. The van der Waals surface area contributed by atoms with Gasteiger partial charge in [0.15, 0.2) is 0 Å². The normalized spacial score (nSPS) is 12.1. The molecule has 0 saturated heterocycles. The zero-order valence-corrected chi connectivity index (χ0v) is 35.0. The molecule has 0 saturated carbocycles. The summed E-state index contributed by atoms with van der Waals surface area (Å²) in [5, 5.41) is 11.4. The van der Waals surface area contributed by atoms with Gasteiger partial charge in [0.1, 0.15) is 33.5 Å². The third kappa shape index (κ3) is 5.43. The van der Waals surface area contributed by atoms with Crippen LogP contribution in [0.2, 0.25) is 0 Å². The van der Waals surface area contributed by atoms with Gasteiger partial charge in [-0.15, -0.1) is 11.3 Å². The number of benzene rings is 10. The number of nitrogens with zero attached hydrogens (tertiary/aromatic N) is 2. The van der Waals surface area contributed by atoms with E-state index >= 15 is 0 Å². The van der Waals surface area contributed by atoms with Gasteiger partial charge in [-0.3, -0.25) is 0 Å². The highest BCUT2D eigenvalue weighted by Gasteiger charge is 2.20. The molecule has 0 aliphatic heterocycles. The van der Waals surface area contributed by atoms with E-state index in [9.17, 15) is 0 Å². The van der Waals surface area contributed by atoms with E-state index in [0.717, 1.165) is 105 Å². The molecule has 64 heavy (non-hydrogen) atoms. The second-order valence-electron chi connectivity index (χ2n) is 16.5. The Bertz CT molecular complexity index is 3890. The minimum Gasteiger partial charge on any atom is -0.456 e. The highest BCUT2D eigenvalue weighted by Crippen LogP contribution is 2.45. The molecule has 5 nitrogen and oxygen atoms in total. The van der Waals surface area contributed by atoms with Gasteiger partial charge in [-0.2, -0.15) is 0 Å². The first-order valence-electron chi connectivity index (χ1n) is 21.5. The monoisotopic (exact) mass is 838 g/mol. The maximum absolute atomic E-state index is 6.74. The van der Waals surface area contributed by atoms with E-state index in [0.29, 0.717) is 0 Å². The van der Waals surface area contributed by atoms with E-state index in [2.05, 4.69) is 192 Å². The zero-order valence-electron chi connectivity index (χ0n) is 34.2. The summed E-state index contributed by atoms with van der Waals surface area (Å²) in [5.74, 6) is 0. The van der Waals surface area contributed by atoms with Crippen molar-refractivity contribution in [2.75, 3.05) is 9.80 Å². The minimum absolute atomic E-state index is 0.849. The Kier molecular flexibility index (Phi) is 7.49. The number of rotatable bonds is 6. The quantitative estimate of drug-likeness (QED) is 0.167. The maximum Gasteiger partial charge on any atom is 0.137 e. The molecule has 0 aliphatic rings. The number of hydrogen-bond acceptors (Lipinski definition) is 6. The van der Waals surface area contributed by atoms with Crippen molar-refractivity contribution < 1.29 is 13.3 Å². The van der Waals surface area contributed by atoms with E-state index in [1.807, 2.05) is 35.6 Å². The third-order valence-electron chi connectivity index (χ3n) is 12.8. The van der Waals surface area contributed by atoms with Crippen LogP contribution in [0.1, 0.15) is 0 Å². The Hall–Kier alpha value is -8.32. The Morgan fingerprint density at radius 2 is 0.672 bits per heavy atom. The van der Waals surface area contributed by atoms with Gasteiger partial charge in [0, 0.05) is 92.7 Å². The number of fused-ring (bicyclic) bond motifs is 13. The zero-order chi connectivity index (χ0) is 41.9. The van der Waals surface area contributed by atoms with Crippen LogP contribution in [-0.2, 0) is 0 Å². The van der Waals surface area contributed by atoms with Crippen molar-refractivity contribution in [3.05, 3.63) is 206 Å². The average Bonchev–Trinajstić information content (AvgIpc) is 4.10. The first-order chi connectivity index (χ1) is 31.7. The van der Waals surface area contributed by atoms with Crippen molar-refractivity contribution in [3.63, 3.8) is 0 Å². The van der Waals surface area contributed by atoms with Gasteiger partial charge >= 0.3 is 0 Å². The average molecular weight is 839 g/mol. The summed E-state index contributed by atoms with van der Waals surface area (Å²) < 4.78 is 21.6. The van der Waals surface area contributed by atoms with Crippen LogP contribution in [0.5, 0.6) is 0 Å². The lowest BCUT2D eigenvalue weighted by Gasteiger charge is -2.25. The molecule has 0 aliphatic carbocycles. The van der Waals surface area contributed by atoms with Gasteiger partial charge in [-0.25, -0.2) is 0 Å². The van der Waals surface area contributed by atoms with Crippen LogP contribution in [0.25, 0.3) is 96.8 Å². The lowest BCUT2D eigenvalue weighted by molar-refractivity contribution is 0.668. The standard InChI is InChI=1S/C58H34N2O3S/c1-3-11-37(12-4-1)59(39-21-25-53-48(31-39)43-15-7-9-17-51(43)61-53)41-19-23-45-47-27-36-30-57-50(28-35(36)29-55(47)63-56(45)33-41)46-24-20-42(34-58(46)64-57)60(38-13-5-2-6-14-38)40-22-26-54-49(32-40)44-16-8-10-18-52(44)62-54/h1-34H. The summed E-state index contributed by atoms with van der Waals surface area (Å²) >= 11 is 1.84. The number of furan rings is 3. The van der Waals surface area contributed by atoms with Gasteiger partial charge in [-0.05, 0) is 132 Å². The predicted octanol–water partition coefficient (Wildman–Crippen LogP) is 17.8. The highest BCUT2D eigenvalue weighted by molar-refractivity contribution is 7.26. The molecule has 4 aromatic heterocycles. The summed E-state index contributed by atoms with van der Waals surface area (Å²) in [6.07, 6.45) is 0. The molecular weight excluding hydrogens is 805 g/mol. The van der Waals surface area contributed by atoms with Crippen LogP contribution < -0.4 is 9.80 Å². The summed E-state index contributed by atoms with van der Waals surface area (Å²) in [7, 11) is 0. The molecule has 0 amide bonds. The second kappa shape index (κ2) is 13.6. The van der Waals surface area contributed by atoms with Crippen molar-refractivity contribution in [2.24, 2.45) is 0 Å². The van der Waals surface area contributed by atoms with Gasteiger partial charge in [0.2, 0.25) is 0 Å². The van der Waals surface area contributed by atoms with Crippen molar-refractivity contribution in [1.29, 1.82) is 0 Å².